The first-order chi connectivity index (χ1) is 17.4. The number of nitrogens with one attached hydrogen (secondary N) is 2. The molecule has 0 saturated heterocycles. The van der Waals surface area contributed by atoms with Crippen LogP contribution in [0.4, 0.5) is 42.6 Å². The Balaban J connectivity index is 1.61. The van der Waals surface area contributed by atoms with Crippen molar-refractivity contribution in [3.63, 3.8) is 0 Å². The number of carbonyl (C=O) groups excluding carboxylic acids is 1. The van der Waals surface area contributed by atoms with Crippen molar-refractivity contribution in [1.82, 2.24) is 15.1 Å². The van der Waals surface area contributed by atoms with Gasteiger partial charge in [0.15, 0.2) is 5.82 Å². The lowest BCUT2D eigenvalue weighted by molar-refractivity contribution is -0.138. The van der Waals surface area contributed by atoms with Gasteiger partial charge in [-0.3, -0.25) is 0 Å². The summed E-state index contributed by atoms with van der Waals surface area (Å²) in [4.78, 5) is 12.6. The molecule has 0 aliphatic heterocycles. The van der Waals surface area contributed by atoms with Crippen molar-refractivity contribution in [2.75, 3.05) is 11.1 Å². The zero-order chi connectivity index (χ0) is 26.8. The predicted molar refractivity (Wildman–Crippen MR) is 126 cm³/mol. The normalized spacial score (nSPS) is 11.8. The van der Waals surface area contributed by atoms with E-state index in [1.165, 1.54) is 28.9 Å². The maximum Gasteiger partial charge on any atom is 0.416 e. The summed E-state index contributed by atoms with van der Waals surface area (Å²) >= 11 is 0. The van der Waals surface area contributed by atoms with E-state index in [-0.39, 0.29) is 35.0 Å². The van der Waals surface area contributed by atoms with Gasteiger partial charge in [-0.25, -0.2) is 9.48 Å². The van der Waals surface area contributed by atoms with Crippen molar-refractivity contribution in [2.45, 2.75) is 18.9 Å². The van der Waals surface area contributed by atoms with E-state index in [1.54, 1.807) is 30.3 Å². The molecule has 0 aliphatic carbocycles. The Morgan fingerprint density at radius 2 is 1.49 bits per heavy atom. The number of anilines is 2. The third kappa shape index (κ3) is 5.85. The number of nitrogens with zero attached hydrogens (tertiary/aromatic N) is 2. The second-order valence-electron chi connectivity index (χ2n) is 7.94. The van der Waals surface area contributed by atoms with Gasteiger partial charge in [0.25, 0.3) is 0 Å². The average Bonchev–Trinajstić information content (AvgIpc) is 3.18. The van der Waals surface area contributed by atoms with E-state index < -0.39 is 29.5 Å². The van der Waals surface area contributed by atoms with Gasteiger partial charge in [0.1, 0.15) is 11.4 Å². The second kappa shape index (κ2) is 9.88. The van der Waals surface area contributed by atoms with Gasteiger partial charge in [-0.2, -0.15) is 31.4 Å². The van der Waals surface area contributed by atoms with E-state index >= 15 is 0 Å². The van der Waals surface area contributed by atoms with Gasteiger partial charge in [0.2, 0.25) is 0 Å². The molecule has 4 N–H and O–H groups in total. The molecule has 0 fully saturated rings. The number of urea groups is 1. The summed E-state index contributed by atoms with van der Waals surface area (Å²) in [5.74, 6) is -0.0622. The molecule has 0 bridgehead atoms. The van der Waals surface area contributed by atoms with Gasteiger partial charge in [-0.1, -0.05) is 42.5 Å². The Kier molecular flexibility index (Phi) is 6.84. The van der Waals surface area contributed by atoms with Gasteiger partial charge in [0, 0.05) is 12.1 Å². The Bertz CT molecular complexity index is 1400. The number of amides is 2. The topological polar surface area (TPSA) is 85.0 Å². The van der Waals surface area contributed by atoms with Crippen LogP contribution in [0, 0.1) is 0 Å². The van der Waals surface area contributed by atoms with Gasteiger partial charge in [-0.15, -0.1) is 0 Å². The number of carbonyl (C=O) groups is 1. The standard InChI is InChI=1S/C25H19F6N5O/c26-24(27,28)17-9-11-19(12-10-17)36-22(32)21(20(35-36)16-6-2-1-3-7-16)34-23(37)33-14-15-5-4-8-18(13-15)25(29,30)31/h1-13H,14,32H2,(H2,33,34,37). The molecule has 37 heavy (non-hydrogen) atoms. The smallest absolute Gasteiger partial charge is 0.382 e. The number of aromatic nitrogens is 2. The summed E-state index contributed by atoms with van der Waals surface area (Å²) in [5.41, 5.74) is 5.86. The second-order valence-corrected chi connectivity index (χ2v) is 7.94. The maximum atomic E-state index is 13.0. The summed E-state index contributed by atoms with van der Waals surface area (Å²) in [6.45, 7) is -0.205. The highest BCUT2D eigenvalue weighted by Crippen LogP contribution is 2.35. The Labute approximate surface area is 206 Å². The lowest BCUT2D eigenvalue weighted by Crippen LogP contribution is -2.28. The summed E-state index contributed by atoms with van der Waals surface area (Å²) in [5, 5.41) is 9.42. The van der Waals surface area contributed by atoms with Crippen LogP contribution in [0.15, 0.2) is 78.9 Å². The molecule has 0 atom stereocenters. The highest BCUT2D eigenvalue weighted by atomic mass is 19.4. The molecule has 6 nitrogen and oxygen atoms in total. The Morgan fingerprint density at radius 1 is 0.838 bits per heavy atom. The van der Waals surface area contributed by atoms with E-state index in [0.717, 1.165) is 24.3 Å². The molecular weight excluding hydrogens is 500 g/mol. The van der Waals surface area contributed by atoms with Gasteiger partial charge < -0.3 is 16.4 Å². The molecule has 0 unspecified atom stereocenters. The first-order valence-electron chi connectivity index (χ1n) is 10.8. The molecule has 0 radical (unpaired) electrons. The van der Waals surface area contributed by atoms with Crippen LogP contribution in [0.5, 0.6) is 0 Å². The van der Waals surface area contributed by atoms with Crippen LogP contribution in [0.3, 0.4) is 0 Å². The van der Waals surface area contributed by atoms with Crippen molar-refractivity contribution >= 4 is 17.5 Å². The molecule has 4 rings (SSSR count). The fourth-order valence-electron chi connectivity index (χ4n) is 3.54. The van der Waals surface area contributed by atoms with Crippen LogP contribution in [0.25, 0.3) is 16.9 Å². The number of halogens is 6. The van der Waals surface area contributed by atoms with E-state index in [2.05, 4.69) is 15.7 Å². The molecular formula is C25H19F6N5O. The van der Waals surface area contributed by atoms with Crippen molar-refractivity contribution < 1.29 is 31.1 Å². The number of hydrogen-bond donors (Lipinski definition) is 3. The minimum absolute atomic E-state index is 0.0622. The molecule has 4 aromatic rings. The van der Waals surface area contributed by atoms with Crippen LogP contribution in [-0.4, -0.2) is 15.8 Å². The SMILES string of the molecule is Nc1c(NC(=O)NCc2cccc(C(F)(F)F)c2)c(-c2ccccc2)nn1-c1ccc(C(F)(F)F)cc1. The van der Waals surface area contributed by atoms with Crippen LogP contribution in [0.2, 0.25) is 0 Å². The number of benzene rings is 3. The van der Waals surface area contributed by atoms with Crippen molar-refractivity contribution in [3.05, 3.63) is 95.6 Å². The van der Waals surface area contributed by atoms with E-state index in [4.69, 9.17) is 5.73 Å². The van der Waals surface area contributed by atoms with Crippen LogP contribution in [0.1, 0.15) is 16.7 Å². The highest BCUT2D eigenvalue weighted by molar-refractivity contribution is 5.97. The number of alkyl halides is 6. The Morgan fingerprint density at radius 3 is 2.11 bits per heavy atom. The summed E-state index contributed by atoms with van der Waals surface area (Å²) in [6, 6.07) is 16.5. The molecule has 1 aromatic heterocycles. The van der Waals surface area contributed by atoms with Crippen molar-refractivity contribution in [1.29, 1.82) is 0 Å². The number of nitrogens with two attached hydrogens (primary N) is 1. The summed E-state index contributed by atoms with van der Waals surface area (Å²) in [6.07, 6.45) is -9.04. The molecule has 0 aliphatic rings. The molecule has 192 valence electrons. The lowest BCUT2D eigenvalue weighted by atomic mass is 10.1. The molecule has 0 spiro atoms. The maximum absolute atomic E-state index is 13.0. The largest absolute Gasteiger partial charge is 0.416 e. The quantitative estimate of drug-likeness (QED) is 0.264. The molecule has 0 saturated carbocycles. The minimum atomic E-state index is -4.52. The Hall–Kier alpha value is -4.48. The minimum Gasteiger partial charge on any atom is -0.382 e. The van der Waals surface area contributed by atoms with Gasteiger partial charge in [-0.05, 0) is 42.0 Å². The third-order valence-electron chi connectivity index (χ3n) is 5.35. The average molecular weight is 519 g/mol. The van der Waals surface area contributed by atoms with Crippen LogP contribution < -0.4 is 16.4 Å². The predicted octanol–water partition coefficient (Wildman–Crippen LogP) is 6.48. The zero-order valence-corrected chi connectivity index (χ0v) is 18.9. The van der Waals surface area contributed by atoms with Gasteiger partial charge >= 0.3 is 18.4 Å². The van der Waals surface area contributed by atoms with Crippen LogP contribution >= 0.6 is 0 Å². The lowest BCUT2D eigenvalue weighted by Gasteiger charge is -2.11. The first-order valence-corrected chi connectivity index (χ1v) is 10.8. The number of rotatable bonds is 5. The van der Waals surface area contributed by atoms with Crippen molar-refractivity contribution in [3.8, 4) is 16.9 Å². The third-order valence-corrected chi connectivity index (χ3v) is 5.35. The monoisotopic (exact) mass is 519 g/mol. The van der Waals surface area contributed by atoms with E-state index in [9.17, 15) is 31.1 Å². The van der Waals surface area contributed by atoms with Crippen molar-refractivity contribution in [2.24, 2.45) is 0 Å². The fraction of sp³-hybridized carbons (Fsp3) is 0.120. The molecule has 2 amide bonds. The van der Waals surface area contributed by atoms with E-state index in [1.807, 2.05) is 0 Å². The first kappa shape index (κ1) is 25.6. The number of nitrogen functional groups attached to an aromatic ring is 1. The zero-order valence-electron chi connectivity index (χ0n) is 18.9. The van der Waals surface area contributed by atoms with E-state index in [0.29, 0.717) is 5.56 Å². The fourth-order valence-corrected chi connectivity index (χ4v) is 3.54. The molecule has 1 heterocycles. The van der Waals surface area contributed by atoms with Crippen LogP contribution in [-0.2, 0) is 18.9 Å². The summed E-state index contributed by atoms with van der Waals surface area (Å²) in [7, 11) is 0. The summed E-state index contributed by atoms with van der Waals surface area (Å²) < 4.78 is 78.9. The molecule has 12 heteroatoms. The number of hydrogen-bond acceptors (Lipinski definition) is 3. The van der Waals surface area contributed by atoms with Gasteiger partial charge in [0.05, 0.1) is 16.8 Å². The highest BCUT2D eigenvalue weighted by Gasteiger charge is 2.31. The molecule has 3 aromatic carbocycles.